The lowest BCUT2D eigenvalue weighted by Gasteiger charge is -1.87. The van der Waals surface area contributed by atoms with Crippen LogP contribution in [0.25, 0.3) is 4.98 Å². The number of ketones is 1. The number of hydrogen-bond donors (Lipinski definition) is 0. The van der Waals surface area contributed by atoms with Crippen LogP contribution in [0.5, 0.6) is 0 Å². The van der Waals surface area contributed by atoms with Gasteiger partial charge in [-0.2, -0.15) is 0 Å². The second-order valence-electron chi connectivity index (χ2n) is 2.06. The van der Waals surface area contributed by atoms with Crippen LogP contribution >= 0.6 is 0 Å². The zero-order valence-electron chi connectivity index (χ0n) is 7.24. The monoisotopic (exact) mass is 172 g/mol. The maximum atomic E-state index is 9.48. The molecule has 0 saturated carbocycles. The second-order valence-corrected chi connectivity index (χ2v) is 2.06. The van der Waals surface area contributed by atoms with Gasteiger partial charge in [0.15, 0.2) is 5.78 Å². The Kier molecular flexibility index (Phi) is 10.5. The molecule has 0 spiro atoms. The van der Waals surface area contributed by atoms with E-state index in [0.29, 0.717) is 6.54 Å². The number of hydrogen-bond acceptors (Lipinski definition) is 4. The van der Waals surface area contributed by atoms with Crippen LogP contribution in [0.3, 0.4) is 0 Å². The molecule has 0 aromatic heterocycles. The highest BCUT2D eigenvalue weighted by Gasteiger charge is 1.86. The molecule has 0 aliphatic rings. The minimum absolute atomic E-state index is 0.594. The standard InChI is InChI=1S/C4H9N2.C3H4O3/c1-2-3-4-6-5;1-2(4)3(5)6/h2-4H2,1H3;1H3,(H,5,6)/q+1;/p-1. The molecule has 12 heavy (non-hydrogen) atoms. The van der Waals surface area contributed by atoms with Crippen molar-refractivity contribution in [1.29, 1.82) is 5.39 Å². The predicted molar refractivity (Wildman–Crippen MR) is 40.5 cm³/mol. The Morgan fingerprint density at radius 2 is 1.92 bits per heavy atom. The molecule has 0 aliphatic heterocycles. The number of Topliss-reactive ketones (excluding diaryl/α,β-unsaturated/α-hetero) is 1. The number of carbonyl (C=O) groups excluding carboxylic acids is 2. The van der Waals surface area contributed by atoms with Crippen LogP contribution in [0.2, 0.25) is 0 Å². The highest BCUT2D eigenvalue weighted by molar-refractivity contribution is 6.30. The summed E-state index contributed by atoms with van der Waals surface area (Å²) in [6.45, 7) is 3.59. The lowest BCUT2D eigenvalue weighted by Crippen LogP contribution is -2.29. The quantitative estimate of drug-likeness (QED) is 0.339. The van der Waals surface area contributed by atoms with Crippen LogP contribution in [-0.4, -0.2) is 18.3 Å². The van der Waals surface area contributed by atoms with E-state index >= 15 is 0 Å². The fraction of sp³-hybridized carbons (Fsp3) is 0.714. The highest BCUT2D eigenvalue weighted by Crippen LogP contribution is 1.83. The summed E-state index contributed by atoms with van der Waals surface area (Å²) in [6.07, 6.45) is 2.10. The van der Waals surface area contributed by atoms with E-state index in [1.807, 2.05) is 0 Å². The molecule has 0 aromatic rings. The number of carboxylic acid groups (broad SMARTS) is 1. The third-order valence-corrected chi connectivity index (χ3v) is 0.899. The molecule has 0 N–H and O–H groups in total. The van der Waals surface area contributed by atoms with Crippen molar-refractivity contribution in [3.63, 3.8) is 0 Å². The average molecular weight is 172 g/mol. The molecule has 0 heterocycles. The van der Waals surface area contributed by atoms with Gasteiger partial charge in [-0.3, -0.25) is 4.79 Å². The third-order valence-electron chi connectivity index (χ3n) is 0.899. The van der Waals surface area contributed by atoms with E-state index in [0.717, 1.165) is 19.8 Å². The van der Waals surface area contributed by atoms with E-state index in [9.17, 15) is 14.7 Å². The van der Waals surface area contributed by atoms with Gasteiger partial charge in [-0.1, -0.05) is 6.92 Å². The van der Waals surface area contributed by atoms with Crippen molar-refractivity contribution in [3.8, 4) is 0 Å². The first-order valence-corrected chi connectivity index (χ1v) is 3.59. The smallest absolute Gasteiger partial charge is 0.305 e. The van der Waals surface area contributed by atoms with Crippen LogP contribution in [0.4, 0.5) is 0 Å². The second kappa shape index (κ2) is 9.56. The van der Waals surface area contributed by atoms with Crippen molar-refractivity contribution in [1.82, 2.24) is 0 Å². The number of rotatable bonds is 3. The van der Waals surface area contributed by atoms with Crippen molar-refractivity contribution < 1.29 is 14.7 Å². The first-order chi connectivity index (χ1) is 5.56. The zero-order chi connectivity index (χ0) is 9.98. The van der Waals surface area contributed by atoms with Gasteiger partial charge in [0, 0.05) is 13.3 Å². The van der Waals surface area contributed by atoms with Gasteiger partial charge in [-0.05, 0) is 6.42 Å². The lowest BCUT2D eigenvalue weighted by atomic mass is 10.3. The average Bonchev–Trinajstić information content (AvgIpc) is 2.02. The first kappa shape index (κ1) is 13.2. The summed E-state index contributed by atoms with van der Waals surface area (Å²) < 4.78 is 0. The summed E-state index contributed by atoms with van der Waals surface area (Å²) in [5.41, 5.74) is 0. The van der Waals surface area contributed by atoms with Gasteiger partial charge in [-0.15, -0.1) is 0 Å². The number of unbranched alkanes of at least 4 members (excludes halogenated alkanes) is 1. The van der Waals surface area contributed by atoms with Gasteiger partial charge in [0.25, 0.3) is 0 Å². The molecule has 0 saturated heterocycles. The molecular weight excluding hydrogens is 160 g/mol. The summed E-state index contributed by atoms with van der Waals surface area (Å²) in [4.78, 5) is 21.6. The highest BCUT2D eigenvalue weighted by atomic mass is 16.4. The first-order valence-electron chi connectivity index (χ1n) is 3.59. The lowest BCUT2D eigenvalue weighted by molar-refractivity contribution is -0.299. The van der Waals surface area contributed by atoms with E-state index in [1.54, 1.807) is 0 Å². The molecule has 0 aliphatic carbocycles. The Morgan fingerprint density at radius 3 is 2.00 bits per heavy atom. The molecule has 0 bridgehead atoms. The molecule has 0 unspecified atom stereocenters. The Morgan fingerprint density at radius 1 is 1.50 bits per heavy atom. The fourth-order valence-corrected chi connectivity index (χ4v) is 0.229. The molecule has 5 nitrogen and oxygen atoms in total. The summed E-state index contributed by atoms with van der Waals surface area (Å²) in [5, 5.41) is 17.1. The number of aliphatic carboxylic acids is 1. The normalized spacial score (nSPS) is 7.42. The van der Waals surface area contributed by atoms with E-state index in [4.69, 9.17) is 5.39 Å². The minimum Gasteiger partial charge on any atom is -0.542 e. The Bertz CT molecular complexity index is 172. The van der Waals surface area contributed by atoms with Crippen LogP contribution in [-0.2, 0) is 9.59 Å². The molecule has 0 fully saturated rings. The van der Waals surface area contributed by atoms with Gasteiger partial charge in [0.1, 0.15) is 10.9 Å². The van der Waals surface area contributed by atoms with Crippen LogP contribution in [0, 0.1) is 5.39 Å². The maximum Gasteiger partial charge on any atom is 0.305 e. The summed E-state index contributed by atoms with van der Waals surface area (Å²) in [7, 11) is 0. The van der Waals surface area contributed by atoms with Crippen LogP contribution < -0.4 is 5.11 Å². The number of carboxylic acids is 1. The molecule has 5 heteroatoms. The van der Waals surface area contributed by atoms with Crippen molar-refractivity contribution in [2.75, 3.05) is 6.54 Å². The molecule has 0 atom stereocenters. The number of nitrogens with zero attached hydrogens (tertiary/aromatic N) is 2. The zero-order valence-corrected chi connectivity index (χ0v) is 7.24. The van der Waals surface area contributed by atoms with Crippen LogP contribution in [0.15, 0.2) is 0 Å². The Balaban J connectivity index is 0. The summed E-state index contributed by atoms with van der Waals surface area (Å²) in [6, 6.07) is 0. The van der Waals surface area contributed by atoms with Crippen molar-refractivity contribution in [2.45, 2.75) is 26.7 Å². The third kappa shape index (κ3) is 15.8. The predicted octanol–water partition coefficient (Wildman–Crippen LogP) is -0.0351. The Hall–Kier alpha value is -1.44. The summed E-state index contributed by atoms with van der Waals surface area (Å²) >= 11 is 0. The maximum absolute atomic E-state index is 9.48. The van der Waals surface area contributed by atoms with Crippen molar-refractivity contribution >= 4 is 11.8 Å². The number of carbonyl (C=O) groups is 2. The van der Waals surface area contributed by atoms with Crippen molar-refractivity contribution in [2.24, 2.45) is 0 Å². The molecule has 0 amide bonds. The van der Waals surface area contributed by atoms with E-state index in [2.05, 4.69) is 11.9 Å². The van der Waals surface area contributed by atoms with Crippen molar-refractivity contribution in [3.05, 3.63) is 4.98 Å². The molecule has 0 radical (unpaired) electrons. The minimum atomic E-state index is -1.63. The van der Waals surface area contributed by atoms with Gasteiger partial charge in [0.05, 0.1) is 0 Å². The molecule has 0 aromatic carbocycles. The van der Waals surface area contributed by atoms with Gasteiger partial charge in [-0.25, -0.2) is 0 Å². The fourth-order valence-electron chi connectivity index (χ4n) is 0.229. The SMILES string of the molecule is CC(=O)C(=O)[O-].CCCC[N+]#N. The molecule has 0 rings (SSSR count). The molecular formula is C7H12N2O3. The van der Waals surface area contributed by atoms with Gasteiger partial charge >= 0.3 is 6.54 Å². The van der Waals surface area contributed by atoms with E-state index in [-0.39, 0.29) is 0 Å². The molecule has 68 valence electrons. The topological polar surface area (TPSA) is 85.3 Å². The van der Waals surface area contributed by atoms with Gasteiger partial charge < -0.3 is 9.90 Å². The largest absolute Gasteiger partial charge is 0.542 e. The van der Waals surface area contributed by atoms with E-state index < -0.39 is 11.8 Å². The van der Waals surface area contributed by atoms with E-state index in [1.165, 1.54) is 0 Å². The Labute approximate surface area is 71.0 Å². The summed E-state index contributed by atoms with van der Waals surface area (Å²) in [5.74, 6) is -2.56. The number of diazo groups is 1. The van der Waals surface area contributed by atoms with Crippen LogP contribution in [0.1, 0.15) is 26.7 Å². The van der Waals surface area contributed by atoms with Gasteiger partial charge in [0.2, 0.25) is 5.39 Å².